The summed E-state index contributed by atoms with van der Waals surface area (Å²) in [5, 5.41) is 3.62. The van der Waals surface area contributed by atoms with Gasteiger partial charge >= 0.3 is 0 Å². The Hall–Kier alpha value is -2.57. The van der Waals surface area contributed by atoms with Gasteiger partial charge in [-0.2, -0.15) is 0 Å². The van der Waals surface area contributed by atoms with E-state index in [4.69, 9.17) is 0 Å². The van der Waals surface area contributed by atoms with Gasteiger partial charge in [0.05, 0.1) is 16.8 Å². The van der Waals surface area contributed by atoms with Crippen molar-refractivity contribution in [2.24, 2.45) is 11.8 Å². The number of aromatic nitrogens is 2. The summed E-state index contributed by atoms with van der Waals surface area (Å²) < 4.78 is 1.38. The fraction of sp³-hybridized carbons (Fsp3) is 0.571. The third-order valence-corrected chi connectivity index (χ3v) is 6.78. The highest BCUT2D eigenvalue weighted by Gasteiger charge is 2.42. The minimum Gasteiger partial charge on any atom is -0.338 e. The number of benzene rings is 1. The van der Waals surface area contributed by atoms with Gasteiger partial charge in [-0.05, 0) is 43.7 Å². The topological polar surface area (TPSA) is 78.4 Å². The van der Waals surface area contributed by atoms with Crippen LogP contribution in [0.5, 0.6) is 0 Å². The van der Waals surface area contributed by atoms with Crippen molar-refractivity contribution in [3.63, 3.8) is 0 Å². The number of carbonyl (C=O) groups is 2. The molecule has 1 aliphatic carbocycles. The molecule has 0 spiro atoms. The van der Waals surface area contributed by atoms with Crippen molar-refractivity contribution in [3.8, 4) is 0 Å². The van der Waals surface area contributed by atoms with E-state index in [1.54, 1.807) is 11.0 Å². The highest BCUT2D eigenvalue weighted by atomic mass is 16.2. The lowest BCUT2D eigenvalue weighted by Crippen LogP contribution is -2.50. The number of para-hydroxylation sites is 1. The van der Waals surface area contributed by atoms with E-state index in [0.29, 0.717) is 24.4 Å². The summed E-state index contributed by atoms with van der Waals surface area (Å²) >= 11 is 0. The summed E-state index contributed by atoms with van der Waals surface area (Å²) in [6.07, 6.45) is 5.53. The molecule has 7 heteroatoms. The lowest BCUT2D eigenvalue weighted by atomic mass is 9.83. The largest absolute Gasteiger partial charge is 0.338 e. The summed E-state index contributed by atoms with van der Waals surface area (Å²) in [6.45, 7) is 1.90. The van der Waals surface area contributed by atoms with Crippen LogP contribution in [0.1, 0.15) is 32.1 Å². The predicted molar refractivity (Wildman–Crippen MR) is 105 cm³/mol. The molecule has 0 unspecified atom stereocenters. The van der Waals surface area contributed by atoms with Crippen molar-refractivity contribution in [3.05, 3.63) is 34.6 Å². The van der Waals surface area contributed by atoms with E-state index >= 15 is 0 Å². The normalized spacial score (nSPS) is 25.2. The van der Waals surface area contributed by atoms with Gasteiger partial charge in [0.25, 0.3) is 5.56 Å². The summed E-state index contributed by atoms with van der Waals surface area (Å²) in [4.78, 5) is 42.3. The molecule has 1 saturated carbocycles. The zero-order valence-corrected chi connectivity index (χ0v) is 16.0. The molecule has 4 fully saturated rings. The molecule has 1 aromatic carbocycles. The standard InChI is InChI=1S/C21H26N4O3/c26-19(13-25-21(28)17-6-1-2-7-18(17)22-25)23-11-15-8-9-16(12-23)24(20(15)27)10-14-4-3-5-14/h1-2,6-7,14-16,22H,3-5,8-13H2/t15-,16+/m0/s1. The van der Waals surface area contributed by atoms with Gasteiger partial charge in [0, 0.05) is 25.7 Å². The van der Waals surface area contributed by atoms with Crippen LogP contribution in [0.2, 0.25) is 0 Å². The van der Waals surface area contributed by atoms with Crippen LogP contribution >= 0.6 is 0 Å². The number of carbonyl (C=O) groups excluding carboxylic acids is 2. The number of piperidine rings is 1. The fourth-order valence-electron chi connectivity index (χ4n) is 4.89. The maximum Gasteiger partial charge on any atom is 0.274 e. The molecule has 3 saturated heterocycles. The van der Waals surface area contributed by atoms with Gasteiger partial charge in [-0.25, -0.2) is 4.68 Å². The molecule has 4 aliphatic rings. The zero-order chi connectivity index (χ0) is 19.3. The van der Waals surface area contributed by atoms with Gasteiger partial charge < -0.3 is 9.80 Å². The number of amides is 2. The molecule has 0 radical (unpaired) electrons. The van der Waals surface area contributed by atoms with E-state index < -0.39 is 0 Å². The number of fused-ring (bicyclic) bond motifs is 5. The number of hydrogen-bond donors (Lipinski definition) is 1. The Labute approximate surface area is 163 Å². The second-order valence-corrected chi connectivity index (χ2v) is 8.56. The van der Waals surface area contributed by atoms with Gasteiger partial charge in [-0.15, -0.1) is 0 Å². The van der Waals surface area contributed by atoms with E-state index in [9.17, 15) is 14.4 Å². The average molecular weight is 382 g/mol. The van der Waals surface area contributed by atoms with E-state index in [-0.39, 0.29) is 35.9 Å². The molecule has 2 amide bonds. The maximum absolute atomic E-state index is 13.0. The van der Waals surface area contributed by atoms with Crippen LogP contribution in [0, 0.1) is 11.8 Å². The van der Waals surface area contributed by atoms with Crippen LogP contribution in [-0.2, 0) is 16.1 Å². The molecule has 1 aromatic heterocycles. The quantitative estimate of drug-likeness (QED) is 0.872. The molecule has 1 N–H and O–H groups in total. The van der Waals surface area contributed by atoms with E-state index in [0.717, 1.165) is 24.9 Å². The molecule has 148 valence electrons. The Kier molecular flexibility index (Phi) is 4.25. The van der Waals surface area contributed by atoms with Crippen LogP contribution < -0.4 is 5.56 Å². The summed E-state index contributed by atoms with van der Waals surface area (Å²) in [5.41, 5.74) is 0.558. The van der Waals surface area contributed by atoms with Gasteiger partial charge in [0.2, 0.25) is 11.8 Å². The molecule has 2 atom stereocenters. The van der Waals surface area contributed by atoms with Crippen molar-refractivity contribution in [2.45, 2.75) is 44.7 Å². The lowest BCUT2D eigenvalue weighted by molar-refractivity contribution is -0.141. The Bertz CT molecular complexity index is 973. The fourth-order valence-corrected chi connectivity index (χ4v) is 4.89. The van der Waals surface area contributed by atoms with Crippen LogP contribution in [-0.4, -0.2) is 57.1 Å². The summed E-state index contributed by atoms with van der Waals surface area (Å²) in [6, 6.07) is 7.40. The molecule has 3 aliphatic heterocycles. The molecule has 6 rings (SSSR count). The van der Waals surface area contributed by atoms with Crippen molar-refractivity contribution in [1.82, 2.24) is 19.6 Å². The number of nitrogens with one attached hydrogen (secondary N) is 1. The van der Waals surface area contributed by atoms with Crippen LogP contribution in [0.25, 0.3) is 10.9 Å². The van der Waals surface area contributed by atoms with Gasteiger partial charge in [-0.3, -0.25) is 19.5 Å². The van der Waals surface area contributed by atoms with Gasteiger partial charge in [-0.1, -0.05) is 18.6 Å². The maximum atomic E-state index is 13.0. The minimum atomic E-state index is -0.176. The van der Waals surface area contributed by atoms with Crippen molar-refractivity contribution in [2.75, 3.05) is 19.6 Å². The predicted octanol–water partition coefficient (Wildman–Crippen LogP) is 1.58. The number of H-pyrrole nitrogens is 1. The van der Waals surface area contributed by atoms with Crippen LogP contribution in [0.15, 0.2) is 29.1 Å². The first kappa shape index (κ1) is 17.5. The van der Waals surface area contributed by atoms with E-state index in [1.165, 1.54) is 23.9 Å². The number of hydrogen-bond acceptors (Lipinski definition) is 3. The monoisotopic (exact) mass is 382 g/mol. The Morgan fingerprint density at radius 2 is 1.89 bits per heavy atom. The Morgan fingerprint density at radius 3 is 2.64 bits per heavy atom. The van der Waals surface area contributed by atoms with Gasteiger partial charge in [0.15, 0.2) is 0 Å². The summed E-state index contributed by atoms with van der Waals surface area (Å²) in [7, 11) is 0. The van der Waals surface area contributed by atoms with E-state index in [2.05, 4.69) is 10.00 Å². The summed E-state index contributed by atoms with van der Waals surface area (Å²) in [5.74, 6) is 0.671. The third-order valence-electron chi connectivity index (χ3n) is 6.78. The SMILES string of the molecule is O=C(Cn1[nH]c2ccccc2c1=O)N1C[C@@H]2CC[C@H](C1)N(CC1CCC1)C2=O. The highest BCUT2D eigenvalue weighted by Crippen LogP contribution is 2.34. The first-order chi connectivity index (χ1) is 13.6. The molecular formula is C21H26N4O3. The second kappa shape index (κ2) is 6.79. The number of aromatic amines is 1. The van der Waals surface area contributed by atoms with E-state index in [1.807, 2.05) is 18.2 Å². The lowest BCUT2D eigenvalue weighted by Gasteiger charge is -2.40. The van der Waals surface area contributed by atoms with Crippen LogP contribution in [0.4, 0.5) is 0 Å². The minimum absolute atomic E-state index is 0.0101. The highest BCUT2D eigenvalue weighted by molar-refractivity contribution is 5.83. The van der Waals surface area contributed by atoms with Crippen molar-refractivity contribution in [1.29, 1.82) is 0 Å². The second-order valence-electron chi connectivity index (χ2n) is 8.56. The molecule has 28 heavy (non-hydrogen) atoms. The average Bonchev–Trinajstić information content (AvgIpc) is 2.81. The first-order valence-corrected chi connectivity index (χ1v) is 10.4. The van der Waals surface area contributed by atoms with Crippen molar-refractivity contribution < 1.29 is 9.59 Å². The number of rotatable bonds is 4. The Morgan fingerprint density at radius 1 is 1.07 bits per heavy atom. The number of nitrogens with zero attached hydrogens (tertiary/aromatic N) is 3. The van der Waals surface area contributed by atoms with Crippen molar-refractivity contribution >= 4 is 22.7 Å². The third kappa shape index (κ3) is 2.93. The Balaban J connectivity index is 1.33. The molecule has 2 aromatic rings. The zero-order valence-electron chi connectivity index (χ0n) is 16.0. The molecular weight excluding hydrogens is 356 g/mol. The smallest absolute Gasteiger partial charge is 0.274 e. The molecule has 7 nitrogen and oxygen atoms in total. The first-order valence-electron chi connectivity index (χ1n) is 10.4. The molecule has 2 bridgehead atoms. The van der Waals surface area contributed by atoms with Gasteiger partial charge in [0.1, 0.15) is 6.54 Å². The molecule has 4 heterocycles. The van der Waals surface area contributed by atoms with Crippen LogP contribution in [0.3, 0.4) is 0 Å².